The van der Waals surface area contributed by atoms with Crippen LogP contribution in [-0.4, -0.2) is 14.8 Å². The van der Waals surface area contributed by atoms with E-state index in [2.05, 4.69) is 10.1 Å². The third-order valence-corrected chi connectivity index (χ3v) is 2.01. The predicted octanol–water partition coefficient (Wildman–Crippen LogP) is 0.593. The molecule has 0 aliphatic carbocycles. The molecule has 0 bridgehead atoms. The van der Waals surface area contributed by atoms with Crippen LogP contribution in [0.3, 0.4) is 0 Å². The van der Waals surface area contributed by atoms with Gasteiger partial charge in [-0.25, -0.2) is 9.67 Å². The molecule has 2 aromatic rings. The van der Waals surface area contributed by atoms with Gasteiger partial charge in [0.1, 0.15) is 18.5 Å². The van der Waals surface area contributed by atoms with E-state index in [1.165, 1.54) is 11.0 Å². The predicted molar refractivity (Wildman–Crippen MR) is 55.2 cm³/mol. The summed E-state index contributed by atoms with van der Waals surface area (Å²) in [5, 5.41) is 21.2. The molecule has 6 heteroatoms. The molecule has 1 aromatic carbocycles. The van der Waals surface area contributed by atoms with Crippen molar-refractivity contribution in [2.24, 2.45) is 0 Å². The Bertz CT molecular complexity index is 613. The van der Waals surface area contributed by atoms with Gasteiger partial charge in [-0.3, -0.25) is 0 Å². The van der Waals surface area contributed by atoms with Crippen LogP contribution >= 0.6 is 0 Å². The van der Waals surface area contributed by atoms with E-state index in [0.29, 0.717) is 16.9 Å². The fourth-order valence-electron chi connectivity index (χ4n) is 1.23. The molecule has 0 radical (unpaired) electrons. The Balaban J connectivity index is 2.47. The second-order valence-electron chi connectivity index (χ2n) is 3.01. The van der Waals surface area contributed by atoms with Gasteiger partial charge in [-0.15, -0.1) is 5.10 Å². The standard InChI is InChI=1S/C10H6N6/c11-4-7-1-2-8(3-9(7)13)16-6-14-10(5-12)15-16/h1-3,6H,13H2. The van der Waals surface area contributed by atoms with Crippen LogP contribution in [0.25, 0.3) is 5.69 Å². The van der Waals surface area contributed by atoms with Gasteiger partial charge in [0, 0.05) is 0 Å². The molecule has 0 spiro atoms. The smallest absolute Gasteiger partial charge is 0.252 e. The maximum absolute atomic E-state index is 8.71. The van der Waals surface area contributed by atoms with Gasteiger partial charge < -0.3 is 5.73 Å². The summed E-state index contributed by atoms with van der Waals surface area (Å²) < 4.78 is 1.43. The molecule has 76 valence electrons. The van der Waals surface area contributed by atoms with Crippen molar-refractivity contribution < 1.29 is 0 Å². The molecule has 0 aliphatic rings. The van der Waals surface area contributed by atoms with Crippen LogP contribution in [0, 0.1) is 22.7 Å². The molecule has 2 rings (SSSR count). The molecule has 0 amide bonds. The molecule has 2 N–H and O–H groups in total. The van der Waals surface area contributed by atoms with Crippen LogP contribution in [0.5, 0.6) is 0 Å². The second kappa shape index (κ2) is 3.71. The quantitative estimate of drug-likeness (QED) is 0.693. The highest BCUT2D eigenvalue weighted by Crippen LogP contribution is 2.15. The Morgan fingerprint density at radius 2 is 2.06 bits per heavy atom. The van der Waals surface area contributed by atoms with Crippen LogP contribution < -0.4 is 5.73 Å². The molecular weight excluding hydrogens is 204 g/mol. The normalized spacial score (nSPS) is 9.38. The summed E-state index contributed by atoms with van der Waals surface area (Å²) >= 11 is 0. The number of benzene rings is 1. The van der Waals surface area contributed by atoms with Crippen LogP contribution in [0.1, 0.15) is 11.4 Å². The van der Waals surface area contributed by atoms with Gasteiger partial charge in [0.2, 0.25) is 0 Å². The largest absolute Gasteiger partial charge is 0.398 e. The van der Waals surface area contributed by atoms with E-state index >= 15 is 0 Å². The molecular formula is C10H6N6. The molecule has 0 fully saturated rings. The first-order valence-corrected chi connectivity index (χ1v) is 4.36. The zero-order valence-electron chi connectivity index (χ0n) is 8.12. The van der Waals surface area contributed by atoms with E-state index < -0.39 is 0 Å². The zero-order chi connectivity index (χ0) is 11.5. The van der Waals surface area contributed by atoms with Crippen LogP contribution in [0.2, 0.25) is 0 Å². The van der Waals surface area contributed by atoms with Gasteiger partial charge in [0.25, 0.3) is 5.82 Å². The van der Waals surface area contributed by atoms with Gasteiger partial charge in [-0.2, -0.15) is 10.5 Å². The van der Waals surface area contributed by atoms with Crippen molar-refractivity contribution in [1.29, 1.82) is 10.5 Å². The lowest BCUT2D eigenvalue weighted by molar-refractivity contribution is 0.873. The Morgan fingerprint density at radius 3 is 2.62 bits per heavy atom. The van der Waals surface area contributed by atoms with Gasteiger partial charge in [0.15, 0.2) is 0 Å². The van der Waals surface area contributed by atoms with Crippen molar-refractivity contribution in [3.63, 3.8) is 0 Å². The Morgan fingerprint density at radius 1 is 1.25 bits per heavy atom. The van der Waals surface area contributed by atoms with Crippen molar-refractivity contribution in [2.45, 2.75) is 0 Å². The molecule has 1 heterocycles. The van der Waals surface area contributed by atoms with Crippen LogP contribution in [-0.2, 0) is 0 Å². The molecule has 0 saturated carbocycles. The minimum Gasteiger partial charge on any atom is -0.398 e. The maximum Gasteiger partial charge on any atom is 0.252 e. The third kappa shape index (κ3) is 1.56. The lowest BCUT2D eigenvalue weighted by Crippen LogP contribution is -1.98. The number of anilines is 1. The first-order chi connectivity index (χ1) is 7.74. The fourth-order valence-corrected chi connectivity index (χ4v) is 1.23. The van der Waals surface area contributed by atoms with Gasteiger partial charge >= 0.3 is 0 Å². The topological polar surface area (TPSA) is 104 Å². The molecule has 0 atom stereocenters. The molecule has 16 heavy (non-hydrogen) atoms. The average molecular weight is 210 g/mol. The molecule has 0 saturated heterocycles. The van der Waals surface area contributed by atoms with E-state index in [4.69, 9.17) is 16.3 Å². The summed E-state index contributed by atoms with van der Waals surface area (Å²) in [4.78, 5) is 3.77. The Hall–Kier alpha value is -2.86. The monoisotopic (exact) mass is 210 g/mol. The highest BCUT2D eigenvalue weighted by Gasteiger charge is 2.04. The molecule has 1 aromatic heterocycles. The number of hydrogen-bond donors (Lipinski definition) is 1. The summed E-state index contributed by atoms with van der Waals surface area (Å²) in [5.41, 5.74) is 7.09. The number of hydrogen-bond acceptors (Lipinski definition) is 5. The van der Waals surface area contributed by atoms with Crippen LogP contribution in [0.15, 0.2) is 24.5 Å². The minimum absolute atomic E-state index is 0.0860. The van der Waals surface area contributed by atoms with Crippen molar-refractivity contribution in [1.82, 2.24) is 14.8 Å². The summed E-state index contributed by atoms with van der Waals surface area (Å²) in [7, 11) is 0. The molecule has 0 aliphatic heterocycles. The van der Waals surface area contributed by atoms with E-state index in [-0.39, 0.29) is 5.82 Å². The van der Waals surface area contributed by atoms with Gasteiger partial charge in [0.05, 0.1) is 16.9 Å². The lowest BCUT2D eigenvalue weighted by atomic mass is 10.2. The minimum atomic E-state index is 0.0860. The van der Waals surface area contributed by atoms with Crippen LogP contribution in [0.4, 0.5) is 5.69 Å². The third-order valence-electron chi connectivity index (χ3n) is 2.01. The molecule has 0 unspecified atom stereocenters. The number of nitrogens with two attached hydrogens (primary N) is 1. The first kappa shape index (κ1) is 9.69. The Labute approximate surface area is 91.2 Å². The maximum atomic E-state index is 8.71. The SMILES string of the molecule is N#Cc1ncn(-c2ccc(C#N)c(N)c2)n1. The summed E-state index contributed by atoms with van der Waals surface area (Å²) in [6.07, 6.45) is 1.42. The van der Waals surface area contributed by atoms with Crippen molar-refractivity contribution in [3.05, 3.63) is 35.9 Å². The zero-order valence-corrected chi connectivity index (χ0v) is 8.12. The van der Waals surface area contributed by atoms with E-state index in [1.54, 1.807) is 18.2 Å². The summed E-state index contributed by atoms with van der Waals surface area (Å²) in [5.74, 6) is 0.0860. The number of nitriles is 2. The lowest BCUT2D eigenvalue weighted by Gasteiger charge is -2.02. The summed E-state index contributed by atoms with van der Waals surface area (Å²) in [6.45, 7) is 0. The highest BCUT2D eigenvalue weighted by molar-refractivity contribution is 5.58. The van der Waals surface area contributed by atoms with E-state index in [9.17, 15) is 0 Å². The van der Waals surface area contributed by atoms with Gasteiger partial charge in [-0.1, -0.05) is 0 Å². The van der Waals surface area contributed by atoms with E-state index in [1.807, 2.05) is 12.1 Å². The van der Waals surface area contributed by atoms with Crippen molar-refractivity contribution in [3.8, 4) is 17.8 Å². The average Bonchev–Trinajstić information content (AvgIpc) is 2.77. The van der Waals surface area contributed by atoms with Crippen molar-refractivity contribution >= 4 is 5.69 Å². The van der Waals surface area contributed by atoms with Crippen molar-refractivity contribution in [2.75, 3.05) is 5.73 Å². The fraction of sp³-hybridized carbons (Fsp3) is 0. The number of rotatable bonds is 1. The second-order valence-corrected chi connectivity index (χ2v) is 3.01. The summed E-state index contributed by atoms with van der Waals surface area (Å²) in [6, 6.07) is 8.68. The number of aromatic nitrogens is 3. The molecule has 6 nitrogen and oxygen atoms in total. The number of nitrogens with zero attached hydrogens (tertiary/aromatic N) is 5. The Kier molecular flexibility index (Phi) is 2.25. The van der Waals surface area contributed by atoms with E-state index in [0.717, 1.165) is 0 Å². The number of nitrogen functional groups attached to an aromatic ring is 1. The van der Waals surface area contributed by atoms with Gasteiger partial charge in [-0.05, 0) is 18.2 Å². The highest BCUT2D eigenvalue weighted by atomic mass is 15.3. The first-order valence-electron chi connectivity index (χ1n) is 4.36.